The Kier molecular flexibility index (Phi) is 4.71. The van der Waals surface area contributed by atoms with E-state index in [1.165, 1.54) is 56.3 Å². The Morgan fingerprint density at radius 3 is 1.89 bits per heavy atom. The molecular weight excluding hydrogens is 392 g/mol. The highest BCUT2D eigenvalue weighted by molar-refractivity contribution is 9.10. The van der Waals surface area contributed by atoms with Gasteiger partial charge < -0.3 is 0 Å². The van der Waals surface area contributed by atoms with Gasteiger partial charge in [-0.25, -0.2) is 0 Å². The number of hydrogen-bond acceptors (Lipinski definition) is 0. The average molecular weight is 421 g/mol. The fourth-order valence-electron chi connectivity index (χ4n) is 4.96. The molecule has 1 heteroatoms. The molecule has 0 saturated heterocycles. The lowest BCUT2D eigenvalue weighted by molar-refractivity contribution is 0.584. The fourth-order valence-corrected chi connectivity index (χ4v) is 5.45. The molecular formula is C26H29Br. The van der Waals surface area contributed by atoms with Gasteiger partial charge in [-0.05, 0) is 66.0 Å². The van der Waals surface area contributed by atoms with E-state index in [0.29, 0.717) is 11.8 Å². The Morgan fingerprint density at radius 1 is 0.778 bits per heavy atom. The Morgan fingerprint density at radius 2 is 1.30 bits per heavy atom. The maximum atomic E-state index is 3.72. The van der Waals surface area contributed by atoms with Crippen LogP contribution in [-0.4, -0.2) is 0 Å². The molecule has 2 aliphatic rings. The first kappa shape index (κ1) is 18.7. The second kappa shape index (κ2) is 6.78. The van der Waals surface area contributed by atoms with Crippen LogP contribution in [0, 0.1) is 0 Å². The van der Waals surface area contributed by atoms with E-state index in [-0.39, 0.29) is 5.41 Å². The van der Waals surface area contributed by atoms with Gasteiger partial charge in [0.05, 0.1) is 0 Å². The van der Waals surface area contributed by atoms with Crippen molar-refractivity contribution in [1.82, 2.24) is 0 Å². The van der Waals surface area contributed by atoms with Crippen LogP contribution in [-0.2, 0) is 5.41 Å². The van der Waals surface area contributed by atoms with E-state index in [9.17, 15) is 0 Å². The summed E-state index contributed by atoms with van der Waals surface area (Å²) in [6, 6.07) is 13.5. The average Bonchev–Trinajstić information content (AvgIpc) is 3.09. The SMILES string of the molecule is CC1=Cc2c(Br)cccc2C1CCC1C(C)=Cc2c1cccc2C(C)(C)C. The Bertz CT molecular complexity index is 953. The second-order valence-corrected chi connectivity index (χ2v) is 10.1. The van der Waals surface area contributed by atoms with Gasteiger partial charge in [0.15, 0.2) is 0 Å². The molecule has 2 unspecified atom stereocenters. The summed E-state index contributed by atoms with van der Waals surface area (Å²) in [4.78, 5) is 0. The zero-order chi connectivity index (χ0) is 19.3. The lowest BCUT2D eigenvalue weighted by Crippen LogP contribution is -2.13. The highest BCUT2D eigenvalue weighted by Gasteiger charge is 2.30. The largest absolute Gasteiger partial charge is 0.0652 e. The van der Waals surface area contributed by atoms with Crippen LogP contribution in [0.1, 0.15) is 87.1 Å². The minimum Gasteiger partial charge on any atom is -0.0652 e. The van der Waals surface area contributed by atoms with Gasteiger partial charge in [0.25, 0.3) is 0 Å². The third-order valence-corrected chi connectivity index (χ3v) is 7.06. The fraction of sp³-hybridized carbons (Fsp3) is 0.385. The molecule has 2 aliphatic carbocycles. The summed E-state index contributed by atoms with van der Waals surface area (Å²) in [5, 5.41) is 0. The molecule has 27 heavy (non-hydrogen) atoms. The second-order valence-electron chi connectivity index (χ2n) is 9.26. The van der Waals surface area contributed by atoms with Crippen LogP contribution in [0.5, 0.6) is 0 Å². The molecule has 2 aromatic carbocycles. The smallest absolute Gasteiger partial charge is 0.0250 e. The van der Waals surface area contributed by atoms with Crippen molar-refractivity contribution in [2.24, 2.45) is 0 Å². The van der Waals surface area contributed by atoms with Gasteiger partial charge >= 0.3 is 0 Å². The predicted molar refractivity (Wildman–Crippen MR) is 121 cm³/mol. The molecule has 0 amide bonds. The molecule has 140 valence electrons. The number of rotatable bonds is 3. The van der Waals surface area contributed by atoms with E-state index >= 15 is 0 Å². The summed E-state index contributed by atoms with van der Waals surface area (Å²) < 4.78 is 1.22. The first-order valence-electron chi connectivity index (χ1n) is 10.1. The molecule has 0 bridgehead atoms. The van der Waals surface area contributed by atoms with Crippen molar-refractivity contribution in [3.05, 3.63) is 79.8 Å². The maximum absolute atomic E-state index is 3.72. The standard InChI is InChI=1S/C26H29Br/c1-16-14-22-20(8-6-10-24(22)26(3,4)5)18(16)12-13-19-17(2)15-23-21(19)9-7-11-25(23)27/h6-11,14-15,18-19H,12-13H2,1-5H3. The first-order chi connectivity index (χ1) is 12.8. The van der Waals surface area contributed by atoms with Gasteiger partial charge in [-0.15, -0.1) is 0 Å². The van der Waals surface area contributed by atoms with E-state index in [0.717, 1.165) is 0 Å². The zero-order valence-corrected chi connectivity index (χ0v) is 18.7. The van der Waals surface area contributed by atoms with Crippen molar-refractivity contribution in [2.45, 2.75) is 64.7 Å². The third kappa shape index (κ3) is 3.25. The Hall–Kier alpha value is -1.60. The number of benzene rings is 2. The highest BCUT2D eigenvalue weighted by Crippen LogP contribution is 2.47. The summed E-state index contributed by atoms with van der Waals surface area (Å²) in [5.74, 6) is 1.12. The molecule has 0 saturated carbocycles. The molecule has 4 rings (SSSR count). The van der Waals surface area contributed by atoms with E-state index < -0.39 is 0 Å². The highest BCUT2D eigenvalue weighted by atomic mass is 79.9. The van der Waals surface area contributed by atoms with E-state index in [2.05, 4.69) is 99.1 Å². The molecule has 0 spiro atoms. The van der Waals surface area contributed by atoms with Crippen LogP contribution in [0.25, 0.3) is 12.2 Å². The summed E-state index contributed by atoms with van der Waals surface area (Å²) in [6.07, 6.45) is 7.24. The van der Waals surface area contributed by atoms with Crippen LogP contribution in [0.4, 0.5) is 0 Å². The van der Waals surface area contributed by atoms with E-state index in [1.54, 1.807) is 0 Å². The molecule has 0 radical (unpaired) electrons. The number of halogens is 1. The number of hydrogen-bond donors (Lipinski definition) is 0. The van der Waals surface area contributed by atoms with Crippen LogP contribution in [0.2, 0.25) is 0 Å². The van der Waals surface area contributed by atoms with Gasteiger partial charge in [-0.1, -0.05) is 90.3 Å². The van der Waals surface area contributed by atoms with Crippen molar-refractivity contribution in [1.29, 1.82) is 0 Å². The molecule has 0 aromatic heterocycles. The van der Waals surface area contributed by atoms with Gasteiger partial charge in [-0.3, -0.25) is 0 Å². The zero-order valence-electron chi connectivity index (χ0n) is 17.1. The minimum atomic E-state index is 0.188. The molecule has 2 atom stereocenters. The third-order valence-electron chi connectivity index (χ3n) is 6.37. The molecule has 0 fully saturated rings. The summed E-state index contributed by atoms with van der Waals surface area (Å²) in [5.41, 5.74) is 10.6. The van der Waals surface area contributed by atoms with Gasteiger partial charge in [-0.2, -0.15) is 0 Å². The summed E-state index contributed by atoms with van der Waals surface area (Å²) in [7, 11) is 0. The van der Waals surface area contributed by atoms with Gasteiger partial charge in [0.1, 0.15) is 0 Å². The van der Waals surface area contributed by atoms with Crippen molar-refractivity contribution in [2.75, 3.05) is 0 Å². The Labute approximate surface area is 172 Å². The summed E-state index contributed by atoms with van der Waals surface area (Å²) >= 11 is 3.72. The van der Waals surface area contributed by atoms with Crippen molar-refractivity contribution in [3.8, 4) is 0 Å². The lowest BCUT2D eigenvalue weighted by atomic mass is 9.80. The Balaban J connectivity index is 1.60. The van der Waals surface area contributed by atoms with Gasteiger partial charge in [0.2, 0.25) is 0 Å². The number of fused-ring (bicyclic) bond motifs is 2. The molecule has 0 aliphatic heterocycles. The minimum absolute atomic E-state index is 0.188. The van der Waals surface area contributed by atoms with Crippen molar-refractivity contribution < 1.29 is 0 Å². The van der Waals surface area contributed by atoms with Crippen LogP contribution < -0.4 is 0 Å². The predicted octanol–water partition coefficient (Wildman–Crippen LogP) is 8.23. The molecule has 0 nitrogen and oxygen atoms in total. The topological polar surface area (TPSA) is 0 Å². The van der Waals surface area contributed by atoms with Crippen molar-refractivity contribution >= 4 is 28.1 Å². The maximum Gasteiger partial charge on any atom is 0.0250 e. The monoisotopic (exact) mass is 420 g/mol. The van der Waals surface area contributed by atoms with E-state index in [4.69, 9.17) is 0 Å². The quantitative estimate of drug-likeness (QED) is 0.468. The van der Waals surface area contributed by atoms with Crippen molar-refractivity contribution in [3.63, 3.8) is 0 Å². The first-order valence-corrected chi connectivity index (χ1v) is 10.8. The normalized spacial score (nSPS) is 21.0. The van der Waals surface area contributed by atoms with E-state index in [1.807, 2.05) is 0 Å². The molecule has 0 heterocycles. The van der Waals surface area contributed by atoms with Gasteiger partial charge in [0, 0.05) is 16.3 Å². The summed E-state index contributed by atoms with van der Waals surface area (Å²) in [6.45, 7) is 11.6. The van der Waals surface area contributed by atoms with Crippen LogP contribution >= 0.6 is 15.9 Å². The molecule has 2 aromatic rings. The molecule has 0 N–H and O–H groups in total. The number of allylic oxidation sites excluding steroid dienone is 2. The lowest BCUT2D eigenvalue weighted by Gasteiger charge is -2.24. The van der Waals surface area contributed by atoms with Crippen LogP contribution in [0.3, 0.4) is 0 Å². The van der Waals surface area contributed by atoms with Crippen LogP contribution in [0.15, 0.2) is 52.0 Å².